The Balaban J connectivity index is 1.87. The van der Waals surface area contributed by atoms with E-state index in [9.17, 15) is 4.79 Å². The van der Waals surface area contributed by atoms with E-state index in [1.807, 2.05) is 25.3 Å². The molecule has 0 unspecified atom stereocenters. The van der Waals surface area contributed by atoms with Crippen LogP contribution in [0.3, 0.4) is 0 Å². The fraction of sp³-hybridized carbons (Fsp3) is 0.429. The van der Waals surface area contributed by atoms with Crippen LogP contribution in [0.1, 0.15) is 26.0 Å². The van der Waals surface area contributed by atoms with Crippen molar-refractivity contribution in [3.8, 4) is 10.6 Å². The van der Waals surface area contributed by atoms with E-state index in [1.165, 1.54) is 0 Å². The summed E-state index contributed by atoms with van der Waals surface area (Å²) in [7, 11) is 0. The van der Waals surface area contributed by atoms with Crippen LogP contribution in [-0.4, -0.2) is 22.4 Å². The van der Waals surface area contributed by atoms with Crippen LogP contribution in [0.25, 0.3) is 10.6 Å². The molecule has 0 bridgehead atoms. The zero-order valence-corrected chi connectivity index (χ0v) is 12.1. The quantitative estimate of drug-likeness (QED) is 0.853. The molecule has 2 N–H and O–H groups in total. The number of aromatic nitrogens is 2. The summed E-state index contributed by atoms with van der Waals surface area (Å²) in [5, 5.41) is 4.98. The lowest BCUT2D eigenvalue weighted by Gasteiger charge is -2.07. The summed E-state index contributed by atoms with van der Waals surface area (Å²) in [4.78, 5) is 20.2. The molecule has 0 fully saturated rings. The zero-order valence-electron chi connectivity index (χ0n) is 11.3. The van der Waals surface area contributed by atoms with Crippen molar-refractivity contribution in [3.05, 3.63) is 29.5 Å². The third-order valence-corrected chi connectivity index (χ3v) is 3.64. The van der Waals surface area contributed by atoms with Crippen molar-refractivity contribution in [2.75, 3.05) is 6.54 Å². The number of hydrogen-bond acceptors (Lipinski definition) is 3. The maximum absolute atomic E-state index is 11.6. The predicted octanol–water partition coefficient (Wildman–Crippen LogP) is 2.84. The number of carbonyl (C=O) groups excluding carboxylic acids is 1. The van der Waals surface area contributed by atoms with Crippen molar-refractivity contribution in [2.24, 2.45) is 5.92 Å². The average Bonchev–Trinajstić information content (AvgIpc) is 2.96. The first-order valence-electron chi connectivity index (χ1n) is 6.49. The summed E-state index contributed by atoms with van der Waals surface area (Å²) >= 11 is 1.67. The molecule has 0 aromatic carbocycles. The molecule has 0 saturated carbocycles. The van der Waals surface area contributed by atoms with Crippen LogP contribution in [0.5, 0.6) is 0 Å². The molecular weight excluding hydrogens is 258 g/mol. The van der Waals surface area contributed by atoms with Crippen LogP contribution in [-0.2, 0) is 11.2 Å². The smallest absolute Gasteiger partial charge is 0.220 e. The van der Waals surface area contributed by atoms with Gasteiger partial charge in [-0.25, -0.2) is 4.98 Å². The molecule has 0 aliphatic heterocycles. The van der Waals surface area contributed by atoms with Crippen molar-refractivity contribution >= 4 is 17.2 Å². The van der Waals surface area contributed by atoms with Crippen molar-refractivity contribution in [1.29, 1.82) is 0 Å². The summed E-state index contributed by atoms with van der Waals surface area (Å²) in [6.45, 7) is 4.73. The van der Waals surface area contributed by atoms with E-state index in [-0.39, 0.29) is 5.91 Å². The molecule has 2 heterocycles. The number of rotatable bonds is 6. The van der Waals surface area contributed by atoms with Crippen LogP contribution < -0.4 is 5.32 Å². The standard InChI is InChI=1S/C14H19N3OS/c1-10(2)8-13(18)15-6-5-11-14(17-9-16-11)12-4-3-7-19-12/h3-4,7,9-10H,5-6,8H2,1-2H3,(H,15,18)(H,16,17). The molecule has 0 radical (unpaired) electrons. The molecule has 2 aromatic heterocycles. The number of nitrogens with zero attached hydrogens (tertiary/aromatic N) is 1. The van der Waals surface area contributed by atoms with Gasteiger partial charge in [0.1, 0.15) is 5.69 Å². The Kier molecular flexibility index (Phi) is 4.74. The van der Waals surface area contributed by atoms with E-state index in [0.717, 1.165) is 22.7 Å². The van der Waals surface area contributed by atoms with Gasteiger partial charge in [0, 0.05) is 25.1 Å². The molecular formula is C14H19N3OS. The first-order chi connectivity index (χ1) is 9.16. The van der Waals surface area contributed by atoms with Crippen molar-refractivity contribution in [1.82, 2.24) is 15.3 Å². The van der Waals surface area contributed by atoms with Gasteiger partial charge in [-0.05, 0) is 17.4 Å². The Hall–Kier alpha value is -1.62. The summed E-state index contributed by atoms with van der Waals surface area (Å²) in [5.74, 6) is 0.515. The van der Waals surface area contributed by atoms with Crippen molar-refractivity contribution in [3.63, 3.8) is 0 Å². The van der Waals surface area contributed by atoms with E-state index in [1.54, 1.807) is 17.7 Å². The second-order valence-corrected chi connectivity index (χ2v) is 5.85. The van der Waals surface area contributed by atoms with Crippen LogP contribution in [0, 0.1) is 5.92 Å². The number of thiophene rings is 1. The van der Waals surface area contributed by atoms with Crippen LogP contribution in [0.4, 0.5) is 0 Å². The highest BCUT2D eigenvalue weighted by molar-refractivity contribution is 7.13. The minimum Gasteiger partial charge on any atom is -0.356 e. The number of nitrogens with one attached hydrogen (secondary N) is 2. The minimum atomic E-state index is 0.118. The average molecular weight is 277 g/mol. The Bertz CT molecular complexity index is 517. The number of imidazole rings is 1. The Morgan fingerprint density at radius 2 is 2.37 bits per heavy atom. The van der Waals surface area contributed by atoms with Gasteiger partial charge in [-0.2, -0.15) is 0 Å². The molecule has 1 amide bonds. The number of H-pyrrole nitrogens is 1. The van der Waals surface area contributed by atoms with Crippen LogP contribution >= 0.6 is 11.3 Å². The van der Waals surface area contributed by atoms with E-state index in [4.69, 9.17) is 0 Å². The first kappa shape index (κ1) is 13.8. The van der Waals surface area contributed by atoms with Crippen LogP contribution in [0.2, 0.25) is 0 Å². The number of amides is 1. The molecule has 0 spiro atoms. The topological polar surface area (TPSA) is 57.8 Å². The Morgan fingerprint density at radius 1 is 1.53 bits per heavy atom. The van der Waals surface area contributed by atoms with Gasteiger partial charge < -0.3 is 10.3 Å². The van der Waals surface area contributed by atoms with Gasteiger partial charge in [-0.15, -0.1) is 11.3 Å². The van der Waals surface area contributed by atoms with Crippen molar-refractivity contribution in [2.45, 2.75) is 26.7 Å². The number of aromatic amines is 1. The van der Waals surface area contributed by atoms with E-state index in [2.05, 4.69) is 21.4 Å². The van der Waals surface area contributed by atoms with Gasteiger partial charge in [-0.3, -0.25) is 4.79 Å². The molecule has 0 atom stereocenters. The van der Waals surface area contributed by atoms with Crippen LogP contribution in [0.15, 0.2) is 23.8 Å². The lowest BCUT2D eigenvalue weighted by molar-refractivity contribution is -0.121. The number of carbonyl (C=O) groups is 1. The molecule has 0 aliphatic rings. The third kappa shape index (κ3) is 3.92. The van der Waals surface area contributed by atoms with E-state index in [0.29, 0.717) is 18.9 Å². The van der Waals surface area contributed by atoms with Gasteiger partial charge in [0.2, 0.25) is 5.91 Å². The summed E-state index contributed by atoms with van der Waals surface area (Å²) in [5.41, 5.74) is 2.07. The Labute approximate surface area is 117 Å². The van der Waals surface area contributed by atoms with Gasteiger partial charge in [0.25, 0.3) is 0 Å². The molecule has 4 nitrogen and oxygen atoms in total. The summed E-state index contributed by atoms with van der Waals surface area (Å²) in [6, 6.07) is 4.07. The highest BCUT2D eigenvalue weighted by Crippen LogP contribution is 2.25. The summed E-state index contributed by atoms with van der Waals surface area (Å²) < 4.78 is 0. The SMILES string of the molecule is CC(C)CC(=O)NCCc1[nH]cnc1-c1cccs1. The van der Waals surface area contributed by atoms with Crippen molar-refractivity contribution < 1.29 is 4.79 Å². The molecule has 102 valence electrons. The zero-order chi connectivity index (χ0) is 13.7. The molecule has 5 heteroatoms. The second kappa shape index (κ2) is 6.52. The van der Waals surface area contributed by atoms with Gasteiger partial charge in [0.15, 0.2) is 0 Å². The molecule has 2 rings (SSSR count). The highest BCUT2D eigenvalue weighted by atomic mass is 32.1. The van der Waals surface area contributed by atoms with E-state index >= 15 is 0 Å². The molecule has 19 heavy (non-hydrogen) atoms. The molecule has 0 aliphatic carbocycles. The maximum Gasteiger partial charge on any atom is 0.220 e. The lowest BCUT2D eigenvalue weighted by atomic mass is 10.1. The maximum atomic E-state index is 11.6. The fourth-order valence-corrected chi connectivity index (χ4v) is 2.66. The Morgan fingerprint density at radius 3 is 3.05 bits per heavy atom. The lowest BCUT2D eigenvalue weighted by Crippen LogP contribution is -2.26. The second-order valence-electron chi connectivity index (χ2n) is 4.90. The molecule has 0 saturated heterocycles. The summed E-state index contributed by atoms with van der Waals surface area (Å²) in [6.07, 6.45) is 3.07. The van der Waals surface area contributed by atoms with Gasteiger partial charge in [0.05, 0.1) is 11.2 Å². The minimum absolute atomic E-state index is 0.118. The monoisotopic (exact) mass is 277 g/mol. The van der Waals surface area contributed by atoms with Gasteiger partial charge in [-0.1, -0.05) is 19.9 Å². The normalized spacial score (nSPS) is 10.9. The van der Waals surface area contributed by atoms with E-state index < -0.39 is 0 Å². The fourth-order valence-electron chi connectivity index (χ4n) is 1.91. The third-order valence-electron chi connectivity index (χ3n) is 2.76. The highest BCUT2D eigenvalue weighted by Gasteiger charge is 2.10. The predicted molar refractivity (Wildman–Crippen MR) is 78.1 cm³/mol. The first-order valence-corrected chi connectivity index (χ1v) is 7.37. The van der Waals surface area contributed by atoms with Gasteiger partial charge >= 0.3 is 0 Å². The largest absolute Gasteiger partial charge is 0.356 e. The molecule has 2 aromatic rings. The number of hydrogen-bond donors (Lipinski definition) is 2.